The number of aliphatic imine (C=N–C) groups is 2. The predicted octanol–water partition coefficient (Wildman–Crippen LogP) is 0.564. The molecule has 1 fully saturated rings. The number of hydrogen-bond donors (Lipinski definition) is 3. The van der Waals surface area contributed by atoms with Gasteiger partial charge < -0.3 is 22.1 Å². The van der Waals surface area contributed by atoms with E-state index in [2.05, 4.69) is 9.98 Å². The van der Waals surface area contributed by atoms with Crippen LogP contribution in [0.1, 0.15) is 23.2 Å². The summed E-state index contributed by atoms with van der Waals surface area (Å²) in [6, 6.07) is 6.47. The summed E-state index contributed by atoms with van der Waals surface area (Å²) in [5, 5.41) is 0. The van der Waals surface area contributed by atoms with Gasteiger partial charge in [-0.15, -0.1) is 12.4 Å². The van der Waals surface area contributed by atoms with Crippen LogP contribution in [0.25, 0.3) is 0 Å². The van der Waals surface area contributed by atoms with Gasteiger partial charge in [0, 0.05) is 18.7 Å². The van der Waals surface area contributed by atoms with E-state index < -0.39 is 5.91 Å². The van der Waals surface area contributed by atoms with Crippen molar-refractivity contribution in [2.24, 2.45) is 27.2 Å². The van der Waals surface area contributed by atoms with Crippen molar-refractivity contribution in [1.29, 1.82) is 0 Å². The Labute approximate surface area is 129 Å². The van der Waals surface area contributed by atoms with Crippen LogP contribution in [0.2, 0.25) is 0 Å². The lowest BCUT2D eigenvalue weighted by Gasteiger charge is -2.15. The standard InChI is InChI=1S/C13H18N6O.ClH/c14-11(20)9-3-5-10(6-4-9)17-12(15)18-13(16)19-7-1-2-8-19;/h3-6H,1-2,7-8H2,(H2,14,20)(H4,15,16,17,18);1H. The molecule has 6 N–H and O–H groups in total. The summed E-state index contributed by atoms with van der Waals surface area (Å²) in [6.45, 7) is 1.80. The van der Waals surface area contributed by atoms with Crippen LogP contribution in [0.15, 0.2) is 34.3 Å². The van der Waals surface area contributed by atoms with Gasteiger partial charge in [0.1, 0.15) is 0 Å². The number of carbonyl (C=O) groups excluding carboxylic acids is 1. The second-order valence-corrected chi connectivity index (χ2v) is 4.55. The number of primary amides is 1. The number of carbonyl (C=O) groups is 1. The SMILES string of the molecule is Cl.NC(=O)c1ccc(N=C(N)N=C(N)N2CCCC2)cc1. The van der Waals surface area contributed by atoms with Gasteiger partial charge in [-0.3, -0.25) is 4.79 Å². The van der Waals surface area contributed by atoms with Crippen LogP contribution >= 0.6 is 12.4 Å². The molecule has 0 unspecified atom stereocenters. The van der Waals surface area contributed by atoms with Crippen molar-refractivity contribution in [2.75, 3.05) is 13.1 Å². The Morgan fingerprint density at radius 3 is 2.14 bits per heavy atom. The number of likely N-dealkylation sites (tertiary alicyclic amines) is 1. The molecule has 1 aromatic carbocycles. The predicted molar refractivity (Wildman–Crippen MR) is 85.9 cm³/mol. The molecule has 8 heteroatoms. The number of rotatable bonds is 2. The monoisotopic (exact) mass is 310 g/mol. The van der Waals surface area contributed by atoms with Gasteiger partial charge >= 0.3 is 0 Å². The molecule has 21 heavy (non-hydrogen) atoms. The fourth-order valence-electron chi connectivity index (χ4n) is 1.99. The summed E-state index contributed by atoms with van der Waals surface area (Å²) >= 11 is 0. The van der Waals surface area contributed by atoms with Crippen LogP contribution in [0.3, 0.4) is 0 Å². The molecular formula is C13H19ClN6O. The minimum atomic E-state index is -0.482. The molecule has 1 aliphatic heterocycles. The smallest absolute Gasteiger partial charge is 0.248 e. The molecule has 1 aromatic rings. The Bertz CT molecular complexity index is 548. The third-order valence-corrected chi connectivity index (χ3v) is 3.05. The van der Waals surface area contributed by atoms with Gasteiger partial charge in [-0.05, 0) is 37.1 Å². The van der Waals surface area contributed by atoms with E-state index in [0.717, 1.165) is 25.9 Å². The van der Waals surface area contributed by atoms with Crippen molar-refractivity contribution < 1.29 is 4.79 Å². The van der Waals surface area contributed by atoms with E-state index in [1.807, 2.05) is 4.90 Å². The van der Waals surface area contributed by atoms with Crippen LogP contribution in [-0.2, 0) is 0 Å². The lowest BCUT2D eigenvalue weighted by Crippen LogP contribution is -2.36. The Morgan fingerprint density at radius 1 is 1.05 bits per heavy atom. The molecule has 0 bridgehead atoms. The highest BCUT2D eigenvalue weighted by Gasteiger charge is 2.13. The second kappa shape index (κ2) is 7.49. The molecule has 0 radical (unpaired) electrons. The van der Waals surface area contributed by atoms with E-state index in [9.17, 15) is 4.79 Å². The molecule has 114 valence electrons. The minimum absolute atomic E-state index is 0. The number of nitrogens with two attached hydrogens (primary N) is 3. The number of hydrogen-bond acceptors (Lipinski definition) is 2. The first-order valence-electron chi connectivity index (χ1n) is 6.39. The zero-order valence-corrected chi connectivity index (χ0v) is 12.3. The Hall–Kier alpha value is -2.28. The third-order valence-electron chi connectivity index (χ3n) is 3.05. The van der Waals surface area contributed by atoms with Crippen LogP contribution < -0.4 is 17.2 Å². The Kier molecular flexibility index (Phi) is 5.98. The molecule has 1 saturated heterocycles. The average Bonchev–Trinajstić information content (AvgIpc) is 2.93. The van der Waals surface area contributed by atoms with Gasteiger partial charge in [-0.1, -0.05) is 0 Å². The van der Waals surface area contributed by atoms with Crippen molar-refractivity contribution >= 4 is 35.9 Å². The lowest BCUT2D eigenvalue weighted by molar-refractivity contribution is 0.100. The van der Waals surface area contributed by atoms with Crippen molar-refractivity contribution in [2.45, 2.75) is 12.8 Å². The van der Waals surface area contributed by atoms with Crippen molar-refractivity contribution in [3.63, 3.8) is 0 Å². The first kappa shape index (κ1) is 16.8. The maximum Gasteiger partial charge on any atom is 0.248 e. The lowest BCUT2D eigenvalue weighted by atomic mass is 10.2. The highest BCUT2D eigenvalue weighted by atomic mass is 35.5. The minimum Gasteiger partial charge on any atom is -0.369 e. The fraction of sp³-hybridized carbons (Fsp3) is 0.308. The molecule has 2 rings (SSSR count). The first-order chi connectivity index (χ1) is 9.56. The number of benzene rings is 1. The second-order valence-electron chi connectivity index (χ2n) is 4.55. The molecular weight excluding hydrogens is 292 g/mol. The maximum absolute atomic E-state index is 10.9. The molecule has 0 saturated carbocycles. The molecule has 1 amide bonds. The Morgan fingerprint density at radius 2 is 1.62 bits per heavy atom. The molecule has 1 aliphatic rings. The highest BCUT2D eigenvalue weighted by molar-refractivity contribution is 5.95. The van der Waals surface area contributed by atoms with Crippen LogP contribution in [-0.4, -0.2) is 35.8 Å². The van der Waals surface area contributed by atoms with Gasteiger partial charge in [0.2, 0.25) is 11.9 Å². The van der Waals surface area contributed by atoms with E-state index >= 15 is 0 Å². The molecule has 1 heterocycles. The zero-order chi connectivity index (χ0) is 14.5. The van der Waals surface area contributed by atoms with Crippen LogP contribution in [0.5, 0.6) is 0 Å². The van der Waals surface area contributed by atoms with Gasteiger partial charge in [0.25, 0.3) is 0 Å². The molecule has 0 atom stereocenters. The summed E-state index contributed by atoms with van der Waals surface area (Å²) < 4.78 is 0. The number of nitrogens with zero attached hydrogens (tertiary/aromatic N) is 3. The van der Waals surface area contributed by atoms with E-state index in [4.69, 9.17) is 17.2 Å². The van der Waals surface area contributed by atoms with Gasteiger partial charge in [0.15, 0.2) is 5.96 Å². The summed E-state index contributed by atoms with van der Waals surface area (Å²) in [7, 11) is 0. The van der Waals surface area contributed by atoms with Gasteiger partial charge in [-0.2, -0.15) is 4.99 Å². The van der Waals surface area contributed by atoms with E-state index in [0.29, 0.717) is 17.2 Å². The summed E-state index contributed by atoms with van der Waals surface area (Å²) in [5.41, 5.74) is 17.8. The largest absolute Gasteiger partial charge is 0.369 e. The summed E-state index contributed by atoms with van der Waals surface area (Å²) in [4.78, 5) is 21.1. The van der Waals surface area contributed by atoms with E-state index in [1.54, 1.807) is 24.3 Å². The van der Waals surface area contributed by atoms with Crippen molar-refractivity contribution in [1.82, 2.24) is 4.90 Å². The Balaban J connectivity index is 0.00000220. The zero-order valence-electron chi connectivity index (χ0n) is 11.5. The van der Waals surface area contributed by atoms with Crippen molar-refractivity contribution in [3.8, 4) is 0 Å². The number of guanidine groups is 2. The quantitative estimate of drug-likeness (QED) is 0.545. The third kappa shape index (κ3) is 4.64. The van der Waals surface area contributed by atoms with Gasteiger partial charge in [-0.25, -0.2) is 4.99 Å². The molecule has 7 nitrogen and oxygen atoms in total. The number of halogens is 1. The maximum atomic E-state index is 10.9. The molecule has 0 aromatic heterocycles. The summed E-state index contributed by atoms with van der Waals surface area (Å²) in [5.74, 6) is -0.0106. The highest BCUT2D eigenvalue weighted by Crippen LogP contribution is 2.13. The van der Waals surface area contributed by atoms with E-state index in [-0.39, 0.29) is 18.4 Å². The van der Waals surface area contributed by atoms with Crippen molar-refractivity contribution in [3.05, 3.63) is 29.8 Å². The van der Waals surface area contributed by atoms with Crippen LogP contribution in [0, 0.1) is 0 Å². The topological polar surface area (TPSA) is 123 Å². The van der Waals surface area contributed by atoms with Crippen LogP contribution in [0.4, 0.5) is 5.69 Å². The fourth-order valence-corrected chi connectivity index (χ4v) is 1.99. The first-order valence-corrected chi connectivity index (χ1v) is 6.39. The van der Waals surface area contributed by atoms with Gasteiger partial charge in [0.05, 0.1) is 5.69 Å². The molecule has 0 aliphatic carbocycles. The van der Waals surface area contributed by atoms with E-state index in [1.165, 1.54) is 0 Å². The summed E-state index contributed by atoms with van der Waals surface area (Å²) in [6.07, 6.45) is 2.23. The molecule has 0 spiro atoms. The number of amides is 1. The normalized spacial score (nSPS) is 15.7. The average molecular weight is 311 g/mol.